The SMILES string of the molecule is CC1CCCC1NC(=O)CCC1CCCC(N)C1. The molecule has 4 unspecified atom stereocenters. The summed E-state index contributed by atoms with van der Waals surface area (Å²) in [6.07, 6.45) is 10.2. The largest absolute Gasteiger partial charge is 0.353 e. The summed E-state index contributed by atoms with van der Waals surface area (Å²) in [6.45, 7) is 2.25. The van der Waals surface area contributed by atoms with Gasteiger partial charge in [-0.15, -0.1) is 0 Å². The summed E-state index contributed by atoms with van der Waals surface area (Å²) < 4.78 is 0. The molecule has 0 aromatic heterocycles. The second kappa shape index (κ2) is 6.55. The van der Waals surface area contributed by atoms with Crippen molar-refractivity contribution in [3.63, 3.8) is 0 Å². The smallest absolute Gasteiger partial charge is 0.220 e. The van der Waals surface area contributed by atoms with Crippen molar-refractivity contribution in [2.75, 3.05) is 0 Å². The van der Waals surface area contributed by atoms with E-state index in [1.807, 2.05) is 0 Å². The van der Waals surface area contributed by atoms with Crippen molar-refractivity contribution in [3.8, 4) is 0 Å². The van der Waals surface area contributed by atoms with Gasteiger partial charge in [0.2, 0.25) is 5.91 Å². The molecule has 0 bridgehead atoms. The highest BCUT2D eigenvalue weighted by molar-refractivity contribution is 5.76. The molecule has 3 heteroatoms. The monoisotopic (exact) mass is 252 g/mol. The topological polar surface area (TPSA) is 55.1 Å². The third kappa shape index (κ3) is 3.98. The average molecular weight is 252 g/mol. The second-order valence-corrected chi connectivity index (χ2v) is 6.41. The molecule has 4 atom stereocenters. The summed E-state index contributed by atoms with van der Waals surface area (Å²) in [5, 5.41) is 3.21. The fraction of sp³-hybridized carbons (Fsp3) is 0.933. The predicted octanol–water partition coefficient (Wildman–Crippen LogP) is 2.59. The van der Waals surface area contributed by atoms with Crippen LogP contribution in [-0.4, -0.2) is 18.0 Å². The van der Waals surface area contributed by atoms with E-state index in [4.69, 9.17) is 5.73 Å². The van der Waals surface area contributed by atoms with Crippen molar-refractivity contribution in [2.45, 2.75) is 76.8 Å². The molecule has 0 saturated heterocycles. The highest BCUT2D eigenvalue weighted by atomic mass is 16.1. The normalized spacial score (nSPS) is 36.6. The third-order valence-corrected chi connectivity index (χ3v) is 4.81. The lowest BCUT2D eigenvalue weighted by Gasteiger charge is -2.26. The fourth-order valence-electron chi connectivity index (χ4n) is 3.57. The minimum Gasteiger partial charge on any atom is -0.353 e. The quantitative estimate of drug-likeness (QED) is 0.808. The van der Waals surface area contributed by atoms with Crippen LogP contribution in [0.2, 0.25) is 0 Å². The van der Waals surface area contributed by atoms with Gasteiger partial charge in [-0.1, -0.05) is 26.2 Å². The molecule has 3 nitrogen and oxygen atoms in total. The van der Waals surface area contributed by atoms with Crippen LogP contribution in [0.5, 0.6) is 0 Å². The number of nitrogens with two attached hydrogens (primary N) is 1. The van der Waals surface area contributed by atoms with E-state index in [0.717, 1.165) is 12.8 Å². The van der Waals surface area contributed by atoms with E-state index in [1.165, 1.54) is 38.5 Å². The Morgan fingerprint density at radius 2 is 2.00 bits per heavy atom. The fourth-order valence-corrected chi connectivity index (χ4v) is 3.57. The van der Waals surface area contributed by atoms with Gasteiger partial charge in [0.05, 0.1) is 0 Å². The summed E-state index contributed by atoms with van der Waals surface area (Å²) >= 11 is 0. The lowest BCUT2D eigenvalue weighted by atomic mass is 9.83. The molecule has 2 aliphatic rings. The van der Waals surface area contributed by atoms with Gasteiger partial charge in [0.1, 0.15) is 0 Å². The molecule has 0 spiro atoms. The van der Waals surface area contributed by atoms with E-state index in [1.54, 1.807) is 0 Å². The molecule has 0 heterocycles. The number of nitrogens with one attached hydrogen (secondary N) is 1. The van der Waals surface area contributed by atoms with Gasteiger partial charge in [-0.2, -0.15) is 0 Å². The van der Waals surface area contributed by atoms with Gasteiger partial charge in [0.25, 0.3) is 0 Å². The number of hydrogen-bond acceptors (Lipinski definition) is 2. The summed E-state index contributed by atoms with van der Waals surface area (Å²) in [4.78, 5) is 11.9. The maximum Gasteiger partial charge on any atom is 0.220 e. The number of rotatable bonds is 4. The highest BCUT2D eigenvalue weighted by Crippen LogP contribution is 2.27. The molecular weight excluding hydrogens is 224 g/mol. The maximum absolute atomic E-state index is 11.9. The molecular formula is C15H28N2O. The van der Waals surface area contributed by atoms with Crippen molar-refractivity contribution in [2.24, 2.45) is 17.6 Å². The molecule has 2 fully saturated rings. The van der Waals surface area contributed by atoms with Crippen molar-refractivity contribution in [1.29, 1.82) is 0 Å². The molecule has 3 N–H and O–H groups in total. The highest BCUT2D eigenvalue weighted by Gasteiger charge is 2.25. The number of carbonyl (C=O) groups excluding carboxylic acids is 1. The first kappa shape index (κ1) is 13.9. The molecule has 1 amide bonds. The molecule has 0 aromatic carbocycles. The Bertz CT molecular complexity index is 280. The minimum atomic E-state index is 0.257. The first-order valence-corrected chi connectivity index (χ1v) is 7.70. The zero-order valence-corrected chi connectivity index (χ0v) is 11.7. The molecule has 18 heavy (non-hydrogen) atoms. The third-order valence-electron chi connectivity index (χ3n) is 4.81. The van der Waals surface area contributed by atoms with Crippen LogP contribution in [0.15, 0.2) is 0 Å². The van der Waals surface area contributed by atoms with E-state index in [2.05, 4.69) is 12.2 Å². The molecule has 2 saturated carbocycles. The van der Waals surface area contributed by atoms with Crippen LogP contribution in [0, 0.1) is 11.8 Å². The first-order valence-electron chi connectivity index (χ1n) is 7.70. The van der Waals surface area contributed by atoms with Gasteiger partial charge >= 0.3 is 0 Å². The van der Waals surface area contributed by atoms with Crippen molar-refractivity contribution in [3.05, 3.63) is 0 Å². The van der Waals surface area contributed by atoms with E-state index in [9.17, 15) is 4.79 Å². The Morgan fingerprint density at radius 1 is 1.22 bits per heavy atom. The van der Waals surface area contributed by atoms with Gasteiger partial charge in [-0.05, 0) is 43.9 Å². The van der Waals surface area contributed by atoms with Crippen LogP contribution >= 0.6 is 0 Å². The molecule has 104 valence electrons. The zero-order chi connectivity index (χ0) is 13.0. The van der Waals surface area contributed by atoms with E-state index in [-0.39, 0.29) is 5.91 Å². The Morgan fingerprint density at radius 3 is 2.67 bits per heavy atom. The summed E-state index contributed by atoms with van der Waals surface area (Å²) in [5.41, 5.74) is 5.98. The van der Waals surface area contributed by atoms with Crippen LogP contribution in [0.4, 0.5) is 0 Å². The van der Waals surface area contributed by atoms with Crippen molar-refractivity contribution >= 4 is 5.91 Å². The second-order valence-electron chi connectivity index (χ2n) is 6.41. The molecule has 0 aliphatic heterocycles. The molecule has 0 radical (unpaired) electrons. The Labute approximate surface area is 111 Å². The summed E-state index contributed by atoms with van der Waals surface area (Å²) in [5.74, 6) is 1.60. The average Bonchev–Trinajstić information content (AvgIpc) is 2.73. The van der Waals surface area contributed by atoms with Crippen LogP contribution < -0.4 is 11.1 Å². The van der Waals surface area contributed by atoms with Gasteiger partial charge in [0, 0.05) is 18.5 Å². The molecule has 2 aliphatic carbocycles. The van der Waals surface area contributed by atoms with E-state index >= 15 is 0 Å². The number of carbonyl (C=O) groups is 1. The summed E-state index contributed by atoms with van der Waals surface area (Å²) in [6, 6.07) is 0.813. The minimum absolute atomic E-state index is 0.257. The lowest BCUT2D eigenvalue weighted by Crippen LogP contribution is -2.36. The van der Waals surface area contributed by atoms with Crippen molar-refractivity contribution < 1.29 is 4.79 Å². The maximum atomic E-state index is 11.9. The van der Waals surface area contributed by atoms with E-state index in [0.29, 0.717) is 30.3 Å². The lowest BCUT2D eigenvalue weighted by molar-refractivity contribution is -0.122. The zero-order valence-electron chi connectivity index (χ0n) is 11.7. The van der Waals surface area contributed by atoms with Crippen molar-refractivity contribution in [1.82, 2.24) is 5.32 Å². The Hall–Kier alpha value is -0.570. The van der Waals surface area contributed by atoms with Gasteiger partial charge < -0.3 is 11.1 Å². The van der Waals surface area contributed by atoms with Crippen LogP contribution in [0.3, 0.4) is 0 Å². The van der Waals surface area contributed by atoms with Gasteiger partial charge in [0.15, 0.2) is 0 Å². The van der Waals surface area contributed by atoms with Crippen LogP contribution in [0.25, 0.3) is 0 Å². The molecule has 2 rings (SSSR count). The Balaban J connectivity index is 1.65. The molecule has 0 aromatic rings. The first-order chi connectivity index (χ1) is 8.65. The summed E-state index contributed by atoms with van der Waals surface area (Å²) in [7, 11) is 0. The van der Waals surface area contributed by atoms with E-state index < -0.39 is 0 Å². The van der Waals surface area contributed by atoms with Gasteiger partial charge in [-0.3, -0.25) is 4.79 Å². The van der Waals surface area contributed by atoms with Gasteiger partial charge in [-0.25, -0.2) is 0 Å². The number of hydrogen-bond donors (Lipinski definition) is 2. The van der Waals surface area contributed by atoms with Crippen LogP contribution in [-0.2, 0) is 4.79 Å². The number of amides is 1. The predicted molar refractivity (Wildman–Crippen MR) is 74.1 cm³/mol. The Kier molecular flexibility index (Phi) is 5.04. The van der Waals surface area contributed by atoms with Crippen LogP contribution in [0.1, 0.15) is 64.7 Å². The standard InChI is InChI=1S/C15H28N2O/c1-11-4-2-7-14(11)17-15(18)9-8-12-5-3-6-13(16)10-12/h11-14H,2-10,16H2,1H3,(H,17,18).